The Morgan fingerprint density at radius 2 is 1.89 bits per heavy atom. The van der Waals surface area contributed by atoms with Gasteiger partial charge >= 0.3 is 0 Å². The van der Waals surface area contributed by atoms with Gasteiger partial charge in [-0.15, -0.1) is 0 Å². The Labute approximate surface area is 114 Å². The summed E-state index contributed by atoms with van der Waals surface area (Å²) in [7, 11) is 0. The molecule has 1 amide bonds. The van der Waals surface area contributed by atoms with E-state index in [2.05, 4.69) is 5.32 Å². The van der Waals surface area contributed by atoms with Crippen molar-refractivity contribution >= 4 is 5.91 Å². The number of aliphatic hydroxyl groups is 1. The Morgan fingerprint density at radius 3 is 2.53 bits per heavy atom. The molecule has 1 aliphatic heterocycles. The average molecular weight is 262 g/mol. The second-order valence-corrected chi connectivity index (χ2v) is 4.97. The summed E-state index contributed by atoms with van der Waals surface area (Å²) < 4.78 is 0. The van der Waals surface area contributed by atoms with E-state index in [0.29, 0.717) is 6.54 Å². The minimum absolute atomic E-state index is 0.00269. The molecule has 2 rings (SSSR count). The normalized spacial score (nSPS) is 17.2. The lowest BCUT2D eigenvalue weighted by atomic mass is 10.1. The van der Waals surface area contributed by atoms with Crippen molar-refractivity contribution in [3.05, 3.63) is 35.9 Å². The molecule has 0 aliphatic carbocycles. The molecule has 1 atom stereocenters. The van der Waals surface area contributed by atoms with E-state index in [9.17, 15) is 9.90 Å². The number of amides is 1. The van der Waals surface area contributed by atoms with E-state index >= 15 is 0 Å². The number of piperidine rings is 1. The Morgan fingerprint density at radius 1 is 1.21 bits per heavy atom. The fraction of sp³-hybridized carbons (Fsp3) is 0.533. The van der Waals surface area contributed by atoms with Crippen LogP contribution < -0.4 is 5.32 Å². The van der Waals surface area contributed by atoms with E-state index in [4.69, 9.17) is 0 Å². The van der Waals surface area contributed by atoms with Gasteiger partial charge in [0.05, 0.1) is 19.2 Å². The topological polar surface area (TPSA) is 52.6 Å². The summed E-state index contributed by atoms with van der Waals surface area (Å²) >= 11 is 0. The Kier molecular flexibility index (Phi) is 5.36. The van der Waals surface area contributed by atoms with Crippen molar-refractivity contribution in [1.82, 2.24) is 10.2 Å². The van der Waals surface area contributed by atoms with Crippen LogP contribution >= 0.6 is 0 Å². The van der Waals surface area contributed by atoms with Gasteiger partial charge in [-0.3, -0.25) is 10.1 Å². The first-order chi connectivity index (χ1) is 9.31. The van der Waals surface area contributed by atoms with Gasteiger partial charge in [-0.25, -0.2) is 0 Å². The Hall–Kier alpha value is -1.39. The fourth-order valence-corrected chi connectivity index (χ4v) is 2.44. The molecule has 1 aromatic carbocycles. The number of carbonyl (C=O) groups excluding carboxylic acids is 1. The first kappa shape index (κ1) is 14.0. The van der Waals surface area contributed by atoms with Crippen LogP contribution in [0.3, 0.4) is 0 Å². The zero-order valence-corrected chi connectivity index (χ0v) is 11.2. The molecule has 19 heavy (non-hydrogen) atoms. The van der Waals surface area contributed by atoms with Crippen molar-refractivity contribution in [1.29, 1.82) is 0 Å². The third-order valence-electron chi connectivity index (χ3n) is 3.59. The van der Waals surface area contributed by atoms with Crippen LogP contribution in [-0.4, -0.2) is 42.2 Å². The van der Waals surface area contributed by atoms with E-state index in [1.54, 1.807) is 0 Å². The number of hydrogen-bond acceptors (Lipinski definition) is 3. The van der Waals surface area contributed by atoms with Crippen LogP contribution in [0.15, 0.2) is 30.3 Å². The highest BCUT2D eigenvalue weighted by molar-refractivity contribution is 5.78. The van der Waals surface area contributed by atoms with Crippen molar-refractivity contribution in [3.8, 4) is 0 Å². The number of nitrogens with zero attached hydrogens (tertiary/aromatic N) is 1. The maximum Gasteiger partial charge on any atom is 0.236 e. The first-order valence-electron chi connectivity index (χ1n) is 6.98. The lowest BCUT2D eigenvalue weighted by molar-refractivity contribution is -0.131. The zero-order chi connectivity index (χ0) is 13.5. The van der Waals surface area contributed by atoms with Crippen LogP contribution in [0.25, 0.3) is 0 Å². The molecule has 1 aromatic rings. The summed E-state index contributed by atoms with van der Waals surface area (Å²) in [5.41, 5.74) is 1.01. The molecular weight excluding hydrogens is 240 g/mol. The van der Waals surface area contributed by atoms with Crippen molar-refractivity contribution in [2.24, 2.45) is 0 Å². The van der Waals surface area contributed by atoms with E-state index in [1.807, 2.05) is 35.2 Å². The molecule has 104 valence electrons. The van der Waals surface area contributed by atoms with Crippen LogP contribution in [0, 0.1) is 0 Å². The molecule has 4 heteroatoms. The number of nitrogens with one attached hydrogen (secondary N) is 1. The molecular formula is C15H22N2O2. The standard InChI is InChI=1S/C15H22N2O2/c18-12-14(13-7-3-1-4-8-13)16-11-15(19)17-9-5-2-6-10-17/h1,3-4,7-8,14,16,18H,2,5-6,9-12H2. The van der Waals surface area contributed by atoms with Gasteiger partial charge in [0.1, 0.15) is 0 Å². The van der Waals surface area contributed by atoms with Gasteiger partial charge in [-0.2, -0.15) is 0 Å². The molecule has 1 heterocycles. The minimum Gasteiger partial charge on any atom is -0.394 e. The van der Waals surface area contributed by atoms with Crippen LogP contribution in [0.4, 0.5) is 0 Å². The number of benzene rings is 1. The van der Waals surface area contributed by atoms with Gasteiger partial charge in [-0.1, -0.05) is 30.3 Å². The summed E-state index contributed by atoms with van der Waals surface area (Å²) in [4.78, 5) is 13.9. The van der Waals surface area contributed by atoms with Crippen molar-refractivity contribution in [2.45, 2.75) is 25.3 Å². The molecule has 1 unspecified atom stereocenters. The molecule has 1 fully saturated rings. The van der Waals surface area contributed by atoms with E-state index in [-0.39, 0.29) is 18.6 Å². The van der Waals surface area contributed by atoms with Crippen LogP contribution in [0.1, 0.15) is 30.9 Å². The Balaban J connectivity index is 1.84. The van der Waals surface area contributed by atoms with Crippen LogP contribution in [0.2, 0.25) is 0 Å². The minimum atomic E-state index is -0.171. The van der Waals surface area contributed by atoms with Crippen molar-refractivity contribution in [2.75, 3.05) is 26.2 Å². The zero-order valence-electron chi connectivity index (χ0n) is 11.2. The van der Waals surface area contributed by atoms with E-state index < -0.39 is 0 Å². The van der Waals surface area contributed by atoms with Crippen molar-refractivity contribution in [3.63, 3.8) is 0 Å². The molecule has 0 aromatic heterocycles. The fourth-order valence-electron chi connectivity index (χ4n) is 2.44. The molecule has 1 saturated heterocycles. The number of carbonyl (C=O) groups is 1. The summed E-state index contributed by atoms with van der Waals surface area (Å²) in [6, 6.07) is 9.56. The van der Waals surface area contributed by atoms with Gasteiger partial charge in [0.25, 0.3) is 0 Å². The molecule has 0 saturated carbocycles. The third kappa shape index (κ3) is 4.04. The van der Waals surface area contributed by atoms with Crippen molar-refractivity contribution < 1.29 is 9.90 Å². The number of hydrogen-bond donors (Lipinski definition) is 2. The molecule has 2 N–H and O–H groups in total. The largest absolute Gasteiger partial charge is 0.394 e. The highest BCUT2D eigenvalue weighted by Crippen LogP contribution is 2.12. The number of likely N-dealkylation sites (tertiary alicyclic amines) is 1. The Bertz CT molecular complexity index is 388. The van der Waals surface area contributed by atoms with E-state index in [1.165, 1.54) is 6.42 Å². The smallest absolute Gasteiger partial charge is 0.236 e. The second-order valence-electron chi connectivity index (χ2n) is 4.97. The summed E-state index contributed by atoms with van der Waals surface area (Å²) in [5.74, 6) is 0.133. The average Bonchev–Trinajstić information content (AvgIpc) is 2.49. The molecule has 4 nitrogen and oxygen atoms in total. The highest BCUT2D eigenvalue weighted by atomic mass is 16.3. The van der Waals surface area contributed by atoms with Crippen LogP contribution in [-0.2, 0) is 4.79 Å². The summed E-state index contributed by atoms with van der Waals surface area (Å²) in [6.07, 6.45) is 3.43. The van der Waals surface area contributed by atoms with Gasteiger partial charge < -0.3 is 10.0 Å². The predicted molar refractivity (Wildman–Crippen MR) is 74.7 cm³/mol. The number of aliphatic hydroxyl groups excluding tert-OH is 1. The molecule has 1 aliphatic rings. The van der Waals surface area contributed by atoms with Gasteiger partial charge in [0.2, 0.25) is 5.91 Å². The summed E-state index contributed by atoms with van der Waals surface area (Å²) in [6.45, 7) is 2.03. The molecule has 0 spiro atoms. The SMILES string of the molecule is O=C(CNC(CO)c1ccccc1)N1CCCCC1. The summed E-state index contributed by atoms with van der Waals surface area (Å²) in [5, 5.41) is 12.6. The first-order valence-corrected chi connectivity index (χ1v) is 6.98. The second kappa shape index (κ2) is 7.26. The molecule has 0 bridgehead atoms. The van der Waals surface area contributed by atoms with Gasteiger partial charge in [0, 0.05) is 13.1 Å². The van der Waals surface area contributed by atoms with Gasteiger partial charge in [0.15, 0.2) is 0 Å². The van der Waals surface area contributed by atoms with Gasteiger partial charge in [-0.05, 0) is 24.8 Å². The number of rotatable bonds is 5. The third-order valence-corrected chi connectivity index (χ3v) is 3.59. The van der Waals surface area contributed by atoms with Crippen LogP contribution in [0.5, 0.6) is 0 Å². The maximum atomic E-state index is 12.0. The monoisotopic (exact) mass is 262 g/mol. The van der Waals surface area contributed by atoms with E-state index in [0.717, 1.165) is 31.5 Å². The lowest BCUT2D eigenvalue weighted by Gasteiger charge is -2.27. The maximum absolute atomic E-state index is 12.0. The molecule has 0 radical (unpaired) electrons. The predicted octanol–water partition coefficient (Wildman–Crippen LogP) is 1.32. The lowest BCUT2D eigenvalue weighted by Crippen LogP contribution is -2.42. The highest BCUT2D eigenvalue weighted by Gasteiger charge is 2.18. The quantitative estimate of drug-likeness (QED) is 0.841.